The number of benzene rings is 2. The molecule has 3 heterocycles. The number of hydrogen-bond donors (Lipinski definition) is 3. The van der Waals surface area contributed by atoms with Crippen LogP contribution in [-0.4, -0.2) is 33.1 Å². The van der Waals surface area contributed by atoms with E-state index < -0.39 is 11.1 Å². The van der Waals surface area contributed by atoms with Crippen molar-refractivity contribution in [3.8, 4) is 31.6 Å². The van der Waals surface area contributed by atoms with Crippen molar-refractivity contribution in [2.45, 2.75) is 37.3 Å². The monoisotopic (exact) mass is 514 g/mol. The van der Waals surface area contributed by atoms with Crippen LogP contribution < -0.4 is 11.1 Å². The second-order valence-corrected chi connectivity index (χ2v) is 11.9. The van der Waals surface area contributed by atoms with Gasteiger partial charge in [-0.1, -0.05) is 54.6 Å². The fourth-order valence-electron chi connectivity index (χ4n) is 5.17. The lowest BCUT2D eigenvalue weighted by molar-refractivity contribution is -0.116. The molecule has 2 aliphatic rings. The number of carbonyl (C=O) groups excluding carboxylic acids is 1. The van der Waals surface area contributed by atoms with Crippen LogP contribution in [-0.2, 0) is 10.3 Å². The molecule has 0 unspecified atom stereocenters. The van der Waals surface area contributed by atoms with Gasteiger partial charge < -0.3 is 16.2 Å². The second-order valence-electron chi connectivity index (χ2n) is 9.89. The first-order chi connectivity index (χ1) is 17.3. The summed E-state index contributed by atoms with van der Waals surface area (Å²) < 4.78 is 0. The van der Waals surface area contributed by atoms with Gasteiger partial charge in [-0.05, 0) is 42.9 Å². The fraction of sp³-hybridized carbons (Fsp3) is 0.250. The lowest BCUT2D eigenvalue weighted by Gasteiger charge is -2.49. The molecule has 2 aromatic heterocycles. The zero-order valence-corrected chi connectivity index (χ0v) is 21.5. The van der Waals surface area contributed by atoms with E-state index in [1.807, 2.05) is 31.3 Å². The molecule has 1 saturated carbocycles. The summed E-state index contributed by atoms with van der Waals surface area (Å²) in [5, 5.41) is 14.8. The first-order valence-electron chi connectivity index (χ1n) is 11.9. The van der Waals surface area contributed by atoms with Crippen molar-refractivity contribution in [1.82, 2.24) is 15.3 Å². The third-order valence-electron chi connectivity index (χ3n) is 6.78. The highest BCUT2D eigenvalue weighted by Gasteiger charge is 2.49. The first-order valence-corrected chi connectivity index (χ1v) is 13.6. The van der Waals surface area contributed by atoms with Crippen LogP contribution in [0.5, 0.6) is 0 Å². The molecule has 6 rings (SSSR count). The first kappa shape index (κ1) is 23.2. The summed E-state index contributed by atoms with van der Waals surface area (Å²) in [5.74, 6) is -0.0656. The van der Waals surface area contributed by atoms with Gasteiger partial charge in [-0.15, -0.1) is 22.7 Å². The number of aromatic nitrogens is 2. The van der Waals surface area contributed by atoms with Crippen LogP contribution in [0, 0.1) is 0 Å². The van der Waals surface area contributed by atoms with Gasteiger partial charge in [0.2, 0.25) is 5.91 Å². The van der Waals surface area contributed by atoms with E-state index in [0.29, 0.717) is 19.4 Å². The van der Waals surface area contributed by atoms with Gasteiger partial charge in [0.05, 0.1) is 21.0 Å². The van der Waals surface area contributed by atoms with Crippen LogP contribution in [0.4, 0.5) is 0 Å². The number of nitrogens with one attached hydrogen (secondary N) is 1. The second kappa shape index (κ2) is 8.74. The molecule has 0 atom stereocenters. The standard InChI is InChI=1S/C28H26N4O2S2/c1-27(34)15-28(29,16-27)20-9-7-17(8-10-20)23-24(18-5-3-2-4-6-18)36-26(32-23)21-14-31-25(35-21)19-11-12-30-22(33)13-19/h2-10,13-14,34H,11-12,15-16,29H2,1H3,(H,30,33)/t27-,28-. The Hall–Kier alpha value is -3.17. The summed E-state index contributed by atoms with van der Waals surface area (Å²) in [6, 6.07) is 18.6. The zero-order chi connectivity index (χ0) is 24.9. The van der Waals surface area contributed by atoms with Gasteiger partial charge in [0, 0.05) is 29.9 Å². The highest BCUT2D eigenvalue weighted by molar-refractivity contribution is 7.24. The summed E-state index contributed by atoms with van der Waals surface area (Å²) in [5.41, 5.74) is 10.4. The molecule has 1 aliphatic carbocycles. The summed E-state index contributed by atoms with van der Waals surface area (Å²) >= 11 is 3.22. The third kappa shape index (κ3) is 4.30. The summed E-state index contributed by atoms with van der Waals surface area (Å²) in [6.07, 6.45) is 5.39. The van der Waals surface area contributed by atoms with Crippen molar-refractivity contribution in [1.29, 1.82) is 0 Å². The van der Waals surface area contributed by atoms with Crippen molar-refractivity contribution < 1.29 is 9.90 Å². The van der Waals surface area contributed by atoms with Crippen molar-refractivity contribution in [2.24, 2.45) is 5.73 Å². The average Bonchev–Trinajstić information content (AvgIpc) is 3.51. The van der Waals surface area contributed by atoms with Crippen LogP contribution in [0.3, 0.4) is 0 Å². The lowest BCUT2D eigenvalue weighted by Crippen LogP contribution is -2.58. The number of rotatable bonds is 5. The van der Waals surface area contributed by atoms with Gasteiger partial charge in [0.25, 0.3) is 0 Å². The Morgan fingerprint density at radius 2 is 1.75 bits per heavy atom. The van der Waals surface area contributed by atoms with Crippen LogP contribution in [0.25, 0.3) is 37.2 Å². The number of aliphatic hydroxyl groups is 1. The van der Waals surface area contributed by atoms with E-state index in [4.69, 9.17) is 10.7 Å². The number of nitrogens with two attached hydrogens (primary N) is 1. The van der Waals surface area contributed by atoms with E-state index >= 15 is 0 Å². The van der Waals surface area contributed by atoms with Crippen molar-refractivity contribution in [3.05, 3.63) is 77.4 Å². The summed E-state index contributed by atoms with van der Waals surface area (Å²) in [6.45, 7) is 2.47. The summed E-state index contributed by atoms with van der Waals surface area (Å²) in [4.78, 5) is 23.5. The SMILES string of the molecule is C[C@]1(O)C[C@@](N)(c2ccc(-c3nc(-c4cnc(C5=CC(=O)NCC5)s4)sc3-c3ccccc3)cc2)C1. The molecule has 6 nitrogen and oxygen atoms in total. The minimum atomic E-state index is -0.692. The minimum absolute atomic E-state index is 0.0656. The van der Waals surface area contributed by atoms with Gasteiger partial charge in [-0.3, -0.25) is 4.79 Å². The van der Waals surface area contributed by atoms with Crippen LogP contribution in [0.2, 0.25) is 0 Å². The Balaban J connectivity index is 1.37. The largest absolute Gasteiger partial charge is 0.390 e. The molecule has 4 N–H and O–H groups in total. The Kier molecular flexibility index (Phi) is 5.64. The van der Waals surface area contributed by atoms with E-state index in [1.165, 1.54) is 0 Å². The number of hydrogen-bond acceptors (Lipinski definition) is 7. The highest BCUT2D eigenvalue weighted by Crippen LogP contribution is 2.47. The molecule has 8 heteroatoms. The van der Waals surface area contributed by atoms with Gasteiger partial charge in [-0.25, -0.2) is 9.97 Å². The molecule has 0 bridgehead atoms. The van der Waals surface area contributed by atoms with Crippen LogP contribution in [0.1, 0.15) is 36.8 Å². The van der Waals surface area contributed by atoms with E-state index in [9.17, 15) is 9.90 Å². The Labute approximate surface area is 217 Å². The average molecular weight is 515 g/mol. The maximum atomic E-state index is 11.8. The van der Waals surface area contributed by atoms with Crippen molar-refractivity contribution >= 4 is 34.2 Å². The highest BCUT2D eigenvalue weighted by atomic mass is 32.1. The summed E-state index contributed by atoms with van der Waals surface area (Å²) in [7, 11) is 0. The van der Waals surface area contributed by atoms with E-state index in [1.54, 1.807) is 28.7 Å². The third-order valence-corrected chi connectivity index (χ3v) is 9.13. The van der Waals surface area contributed by atoms with E-state index in [2.05, 4.69) is 46.7 Å². The molecule has 1 aliphatic heterocycles. The van der Waals surface area contributed by atoms with E-state index in [-0.39, 0.29) is 5.91 Å². The van der Waals surface area contributed by atoms with Gasteiger partial charge in [0.1, 0.15) is 10.0 Å². The Morgan fingerprint density at radius 3 is 2.44 bits per heavy atom. The zero-order valence-electron chi connectivity index (χ0n) is 19.8. The number of carbonyl (C=O) groups is 1. The minimum Gasteiger partial charge on any atom is -0.390 e. The molecule has 36 heavy (non-hydrogen) atoms. The quantitative estimate of drug-likeness (QED) is 0.340. The topological polar surface area (TPSA) is 101 Å². The molecule has 1 amide bonds. The predicted molar refractivity (Wildman–Crippen MR) is 145 cm³/mol. The Morgan fingerprint density at radius 1 is 1.00 bits per heavy atom. The fourth-order valence-corrected chi connectivity index (χ4v) is 7.26. The number of nitrogens with zero attached hydrogens (tertiary/aromatic N) is 2. The Bertz CT molecular complexity index is 1460. The number of thiazole rings is 2. The molecule has 182 valence electrons. The smallest absolute Gasteiger partial charge is 0.244 e. The molecule has 2 aromatic carbocycles. The maximum Gasteiger partial charge on any atom is 0.244 e. The van der Waals surface area contributed by atoms with Gasteiger partial charge >= 0.3 is 0 Å². The molecule has 0 radical (unpaired) electrons. The molecule has 1 fully saturated rings. The lowest BCUT2D eigenvalue weighted by atomic mass is 9.63. The van der Waals surface area contributed by atoms with Crippen molar-refractivity contribution in [3.63, 3.8) is 0 Å². The van der Waals surface area contributed by atoms with Gasteiger partial charge in [0.15, 0.2) is 0 Å². The van der Waals surface area contributed by atoms with Crippen LogP contribution in [0.15, 0.2) is 66.9 Å². The molecule has 4 aromatic rings. The van der Waals surface area contributed by atoms with Crippen LogP contribution >= 0.6 is 22.7 Å². The molecular formula is C28H26N4O2S2. The normalized spacial score (nSPS) is 23.6. The predicted octanol–water partition coefficient (Wildman–Crippen LogP) is 5.20. The maximum absolute atomic E-state index is 11.8. The molecule has 0 saturated heterocycles. The van der Waals surface area contributed by atoms with E-state index in [0.717, 1.165) is 54.1 Å². The van der Waals surface area contributed by atoms with Crippen molar-refractivity contribution in [2.75, 3.05) is 6.54 Å². The van der Waals surface area contributed by atoms with Gasteiger partial charge in [-0.2, -0.15) is 0 Å². The molecular weight excluding hydrogens is 488 g/mol. The number of amides is 1. The molecule has 0 spiro atoms.